The van der Waals surface area contributed by atoms with Crippen molar-refractivity contribution in [3.8, 4) is 0 Å². The molecule has 3 N–H and O–H groups in total. The summed E-state index contributed by atoms with van der Waals surface area (Å²) in [6.45, 7) is 1.66. The molecule has 1 amide bonds. The fourth-order valence-electron chi connectivity index (χ4n) is 4.96. The molecule has 0 radical (unpaired) electrons. The summed E-state index contributed by atoms with van der Waals surface area (Å²) in [6.07, 6.45) is 5.58. The van der Waals surface area contributed by atoms with Crippen molar-refractivity contribution in [1.29, 1.82) is 0 Å². The van der Waals surface area contributed by atoms with E-state index in [-0.39, 0.29) is 16.3 Å². The lowest BCUT2D eigenvalue weighted by molar-refractivity contribution is -0.00125. The van der Waals surface area contributed by atoms with E-state index >= 15 is 0 Å². The van der Waals surface area contributed by atoms with Gasteiger partial charge in [0.2, 0.25) is 0 Å². The quantitative estimate of drug-likeness (QED) is 0.463. The Bertz CT molecular complexity index is 1070. The molecular weight excluding hydrogens is 464 g/mol. The van der Waals surface area contributed by atoms with Crippen LogP contribution in [-0.2, 0) is 17.1 Å². The molecular formula is C22H31ClN6O3S. The number of carbonyl (C=O) groups excluding carboxylic acids is 1. The van der Waals surface area contributed by atoms with Gasteiger partial charge in [-0.25, -0.2) is 13.4 Å². The fraction of sp³-hybridized carbons (Fsp3) is 0.545. The van der Waals surface area contributed by atoms with Crippen molar-refractivity contribution < 1.29 is 13.2 Å². The van der Waals surface area contributed by atoms with E-state index in [9.17, 15) is 13.2 Å². The fourth-order valence-corrected chi connectivity index (χ4v) is 6.77. The van der Waals surface area contributed by atoms with Crippen molar-refractivity contribution in [2.75, 3.05) is 26.2 Å². The summed E-state index contributed by atoms with van der Waals surface area (Å²) in [7, 11) is -1.91. The lowest BCUT2D eigenvalue weighted by atomic mass is 9.77. The summed E-state index contributed by atoms with van der Waals surface area (Å²) in [5, 5.41) is 3.00. The molecule has 0 bridgehead atoms. The average Bonchev–Trinajstić information content (AvgIpc) is 3.26. The van der Waals surface area contributed by atoms with Crippen LogP contribution in [0.15, 0.2) is 47.9 Å². The maximum atomic E-state index is 13.0. The van der Waals surface area contributed by atoms with Gasteiger partial charge < -0.3 is 15.6 Å². The van der Waals surface area contributed by atoms with Crippen molar-refractivity contribution in [2.45, 2.75) is 47.8 Å². The molecule has 2 aliphatic rings. The molecule has 1 aliphatic carbocycles. The number of halogens is 1. The molecule has 3 unspecified atom stereocenters. The van der Waals surface area contributed by atoms with E-state index in [0.717, 1.165) is 19.3 Å². The van der Waals surface area contributed by atoms with Crippen LogP contribution >= 0.6 is 11.6 Å². The number of nitrogens with zero attached hydrogens (tertiary/aromatic N) is 4. The Labute approximate surface area is 199 Å². The number of rotatable bonds is 6. The second-order valence-electron chi connectivity index (χ2n) is 8.88. The first-order chi connectivity index (χ1) is 15.7. The summed E-state index contributed by atoms with van der Waals surface area (Å²) >= 11 is 6.59. The van der Waals surface area contributed by atoms with Crippen LogP contribution in [0.2, 0.25) is 0 Å². The molecule has 0 spiro atoms. The number of carbonyl (C=O) groups is 1. The standard InChI is InChI=1S/C22H31ClN6O3S/c1-27-15-19(25-16-27)33(31,32)29-12-10-28(11-13-29)22(9-5-8-18(23)14-22)21(24)26-20(30)17-6-3-2-4-7-17/h2-4,6-7,15-16,18,21H,5,8-14,24H2,1H3,(H,26,30). The van der Waals surface area contributed by atoms with E-state index in [4.69, 9.17) is 17.3 Å². The number of nitrogens with two attached hydrogens (primary N) is 1. The van der Waals surface area contributed by atoms with Gasteiger partial charge in [0.1, 0.15) is 0 Å². The number of amides is 1. The lowest BCUT2D eigenvalue weighted by Crippen LogP contribution is -2.70. The molecule has 1 saturated carbocycles. The summed E-state index contributed by atoms with van der Waals surface area (Å²) in [5.41, 5.74) is 6.67. The number of aromatic nitrogens is 2. The van der Waals surface area contributed by atoms with E-state index < -0.39 is 21.7 Å². The van der Waals surface area contributed by atoms with Crippen LogP contribution in [0.4, 0.5) is 0 Å². The summed E-state index contributed by atoms with van der Waals surface area (Å²) < 4.78 is 29.0. The molecule has 2 heterocycles. The molecule has 11 heteroatoms. The van der Waals surface area contributed by atoms with E-state index in [1.54, 1.807) is 23.7 Å². The minimum Gasteiger partial charge on any atom is -0.339 e. The summed E-state index contributed by atoms with van der Waals surface area (Å²) in [5.74, 6) is -0.226. The number of nitrogens with one attached hydrogen (secondary N) is 1. The third kappa shape index (κ3) is 4.95. The van der Waals surface area contributed by atoms with Crippen LogP contribution in [-0.4, -0.2) is 76.3 Å². The second kappa shape index (κ2) is 9.71. The normalized spacial score (nSPS) is 26.1. The van der Waals surface area contributed by atoms with Gasteiger partial charge in [-0.15, -0.1) is 11.6 Å². The van der Waals surface area contributed by atoms with Crippen LogP contribution in [0.3, 0.4) is 0 Å². The first-order valence-electron chi connectivity index (χ1n) is 11.2. The Morgan fingerprint density at radius 1 is 1.24 bits per heavy atom. The highest BCUT2D eigenvalue weighted by Crippen LogP contribution is 2.38. The highest BCUT2D eigenvalue weighted by Gasteiger charge is 2.47. The third-order valence-electron chi connectivity index (χ3n) is 6.76. The Morgan fingerprint density at radius 2 is 1.94 bits per heavy atom. The minimum absolute atomic E-state index is 0.0475. The molecule has 3 atom stereocenters. The van der Waals surface area contributed by atoms with Crippen molar-refractivity contribution in [2.24, 2.45) is 12.8 Å². The number of benzene rings is 1. The minimum atomic E-state index is -3.65. The Balaban J connectivity index is 1.50. The van der Waals surface area contributed by atoms with Gasteiger partial charge in [-0.2, -0.15) is 4.31 Å². The van der Waals surface area contributed by atoms with Crippen molar-refractivity contribution in [1.82, 2.24) is 24.1 Å². The molecule has 1 aromatic heterocycles. The average molecular weight is 495 g/mol. The monoisotopic (exact) mass is 494 g/mol. The predicted octanol–water partition coefficient (Wildman–Crippen LogP) is 1.36. The number of hydrogen-bond donors (Lipinski definition) is 2. The van der Waals surface area contributed by atoms with Gasteiger partial charge in [0.25, 0.3) is 15.9 Å². The van der Waals surface area contributed by atoms with Crippen LogP contribution < -0.4 is 11.1 Å². The number of alkyl halides is 1. The third-order valence-corrected chi connectivity index (χ3v) is 8.91. The summed E-state index contributed by atoms with van der Waals surface area (Å²) in [4.78, 5) is 19.1. The van der Waals surface area contributed by atoms with Crippen molar-refractivity contribution in [3.63, 3.8) is 0 Å². The number of aryl methyl sites for hydroxylation is 1. The number of imidazole rings is 1. The molecule has 2 fully saturated rings. The molecule has 1 aliphatic heterocycles. The van der Waals surface area contributed by atoms with Crippen LogP contribution in [0, 0.1) is 0 Å². The van der Waals surface area contributed by atoms with Crippen LogP contribution in [0.25, 0.3) is 0 Å². The van der Waals surface area contributed by atoms with Gasteiger partial charge in [-0.1, -0.05) is 24.6 Å². The zero-order valence-corrected chi connectivity index (χ0v) is 20.3. The van der Waals surface area contributed by atoms with Gasteiger partial charge in [0.15, 0.2) is 5.03 Å². The Morgan fingerprint density at radius 3 is 2.55 bits per heavy atom. The highest BCUT2D eigenvalue weighted by molar-refractivity contribution is 7.89. The summed E-state index contributed by atoms with van der Waals surface area (Å²) in [6, 6.07) is 8.98. The second-order valence-corrected chi connectivity index (χ2v) is 11.4. The van der Waals surface area contributed by atoms with Crippen molar-refractivity contribution in [3.05, 3.63) is 48.4 Å². The molecule has 1 aromatic carbocycles. The SMILES string of the molecule is Cn1cnc(S(=O)(=O)N2CCN(C3(C(N)NC(=O)c4ccccc4)CCCC(Cl)C3)CC2)c1. The van der Waals surface area contributed by atoms with Gasteiger partial charge in [-0.3, -0.25) is 9.69 Å². The molecule has 2 aromatic rings. The van der Waals surface area contributed by atoms with Gasteiger partial charge in [0.05, 0.1) is 18.0 Å². The molecule has 33 heavy (non-hydrogen) atoms. The largest absolute Gasteiger partial charge is 0.339 e. The zero-order valence-electron chi connectivity index (χ0n) is 18.7. The smallest absolute Gasteiger partial charge is 0.262 e. The van der Waals surface area contributed by atoms with Crippen LogP contribution in [0.1, 0.15) is 36.0 Å². The highest BCUT2D eigenvalue weighted by atomic mass is 35.5. The zero-order chi connectivity index (χ0) is 23.6. The first kappa shape index (κ1) is 24.2. The number of piperazine rings is 1. The van der Waals surface area contributed by atoms with Gasteiger partial charge in [-0.05, 0) is 31.4 Å². The van der Waals surface area contributed by atoms with Crippen molar-refractivity contribution >= 4 is 27.5 Å². The maximum absolute atomic E-state index is 13.0. The first-order valence-corrected chi connectivity index (χ1v) is 13.1. The maximum Gasteiger partial charge on any atom is 0.262 e. The molecule has 180 valence electrons. The topological polar surface area (TPSA) is 114 Å². The van der Waals surface area contributed by atoms with E-state index in [1.165, 1.54) is 16.8 Å². The molecule has 4 rings (SSSR count). The van der Waals surface area contributed by atoms with Gasteiger partial charge in [0, 0.05) is 50.4 Å². The lowest BCUT2D eigenvalue weighted by Gasteiger charge is -2.53. The molecule has 9 nitrogen and oxygen atoms in total. The Kier molecular flexibility index (Phi) is 7.11. The van der Waals surface area contributed by atoms with E-state index in [0.29, 0.717) is 38.2 Å². The number of hydrogen-bond acceptors (Lipinski definition) is 6. The van der Waals surface area contributed by atoms with Crippen LogP contribution in [0.5, 0.6) is 0 Å². The van der Waals surface area contributed by atoms with E-state index in [1.807, 2.05) is 18.2 Å². The van der Waals surface area contributed by atoms with Gasteiger partial charge >= 0.3 is 0 Å². The number of sulfonamides is 1. The Hall–Kier alpha value is -1.98. The molecule has 1 saturated heterocycles. The van der Waals surface area contributed by atoms with E-state index in [2.05, 4.69) is 15.2 Å². The predicted molar refractivity (Wildman–Crippen MR) is 126 cm³/mol.